The van der Waals surface area contributed by atoms with Crippen LogP contribution in [-0.2, 0) is 16.6 Å². The fourth-order valence-electron chi connectivity index (χ4n) is 2.60. The lowest BCUT2D eigenvalue weighted by atomic mass is 10.1. The molecule has 0 saturated carbocycles. The number of rotatable bonds is 8. The average molecular weight is 436 g/mol. The predicted octanol–water partition coefficient (Wildman–Crippen LogP) is 3.36. The molecule has 0 aliphatic carbocycles. The van der Waals surface area contributed by atoms with Gasteiger partial charge < -0.3 is 4.74 Å². The van der Waals surface area contributed by atoms with Gasteiger partial charge in [0.1, 0.15) is 12.4 Å². The Morgan fingerprint density at radius 2 is 1.74 bits per heavy atom. The van der Waals surface area contributed by atoms with Crippen molar-refractivity contribution in [1.82, 2.24) is 4.83 Å². The summed E-state index contributed by atoms with van der Waals surface area (Å²) in [7, 11) is -4.24. The van der Waals surface area contributed by atoms with Gasteiger partial charge in [0.25, 0.3) is 15.7 Å². The van der Waals surface area contributed by atoms with E-state index in [1.54, 1.807) is 48.5 Å². The normalized spacial score (nSPS) is 11.1. The monoisotopic (exact) mass is 436 g/mol. The van der Waals surface area contributed by atoms with Gasteiger partial charge in [-0.05, 0) is 35.9 Å². The molecule has 0 saturated heterocycles. The first-order chi connectivity index (χ1) is 14.9. The second kappa shape index (κ2) is 9.51. The Hall–Kier alpha value is -4.23. The number of sulfonamides is 1. The number of nitrogens with zero attached hydrogens (tertiary/aromatic N) is 3. The van der Waals surface area contributed by atoms with Gasteiger partial charge in [0.05, 0.1) is 22.8 Å². The molecule has 10 heteroatoms. The summed E-state index contributed by atoms with van der Waals surface area (Å²) >= 11 is 0. The molecule has 0 heterocycles. The van der Waals surface area contributed by atoms with Crippen molar-refractivity contribution in [2.45, 2.75) is 11.5 Å². The van der Waals surface area contributed by atoms with E-state index >= 15 is 0 Å². The van der Waals surface area contributed by atoms with Crippen LogP contribution in [-0.4, -0.2) is 19.6 Å². The van der Waals surface area contributed by atoms with Crippen LogP contribution in [0.15, 0.2) is 82.8 Å². The van der Waals surface area contributed by atoms with Gasteiger partial charge in [-0.25, -0.2) is 0 Å². The minimum absolute atomic E-state index is 0.235. The third-order valence-corrected chi connectivity index (χ3v) is 5.39. The van der Waals surface area contributed by atoms with Crippen molar-refractivity contribution < 1.29 is 18.1 Å². The lowest BCUT2D eigenvalue weighted by molar-refractivity contribution is -0.387. The molecule has 0 aliphatic heterocycles. The molecule has 156 valence electrons. The molecular weight excluding hydrogens is 420 g/mol. The third-order valence-electron chi connectivity index (χ3n) is 4.12. The first-order valence-corrected chi connectivity index (χ1v) is 10.4. The van der Waals surface area contributed by atoms with Gasteiger partial charge in [-0.2, -0.15) is 23.6 Å². The van der Waals surface area contributed by atoms with E-state index in [2.05, 4.69) is 5.10 Å². The van der Waals surface area contributed by atoms with Crippen LogP contribution in [0.3, 0.4) is 0 Å². The molecule has 1 N–H and O–H groups in total. The van der Waals surface area contributed by atoms with Gasteiger partial charge in [0, 0.05) is 11.6 Å². The molecule has 0 atom stereocenters. The average Bonchev–Trinajstić information content (AvgIpc) is 2.78. The molecule has 9 nitrogen and oxygen atoms in total. The molecule has 0 bridgehead atoms. The number of hydrazone groups is 1. The van der Waals surface area contributed by atoms with Gasteiger partial charge in [-0.1, -0.05) is 36.4 Å². The van der Waals surface area contributed by atoms with E-state index in [0.29, 0.717) is 16.9 Å². The molecule has 0 amide bonds. The zero-order chi connectivity index (χ0) is 22.3. The highest BCUT2D eigenvalue weighted by atomic mass is 32.2. The molecule has 3 rings (SSSR count). The first-order valence-electron chi connectivity index (χ1n) is 8.90. The summed E-state index contributed by atoms with van der Waals surface area (Å²) in [5.41, 5.74) is 1.35. The van der Waals surface area contributed by atoms with Crippen LogP contribution in [0, 0.1) is 21.4 Å². The minimum atomic E-state index is -4.24. The molecule has 0 radical (unpaired) electrons. The Morgan fingerprint density at radius 3 is 2.45 bits per heavy atom. The van der Waals surface area contributed by atoms with Gasteiger partial charge in [-0.3, -0.25) is 10.1 Å². The summed E-state index contributed by atoms with van der Waals surface area (Å²) in [4.78, 5) is 11.8. The van der Waals surface area contributed by atoms with E-state index in [9.17, 15) is 18.5 Å². The second-order valence-corrected chi connectivity index (χ2v) is 7.84. The van der Waals surface area contributed by atoms with E-state index in [-0.39, 0.29) is 6.61 Å². The van der Waals surface area contributed by atoms with E-state index < -0.39 is 25.5 Å². The van der Waals surface area contributed by atoms with Gasteiger partial charge in [0.2, 0.25) is 0 Å². The lowest BCUT2D eigenvalue weighted by Gasteiger charge is -2.09. The maximum atomic E-state index is 12.4. The number of nitro benzene ring substituents is 1. The van der Waals surface area contributed by atoms with Crippen molar-refractivity contribution in [3.8, 4) is 11.8 Å². The molecule has 0 unspecified atom stereocenters. The number of nitriles is 1. The van der Waals surface area contributed by atoms with Crippen LogP contribution in [0.1, 0.15) is 16.7 Å². The number of ether oxygens (including phenoxy) is 1. The van der Waals surface area contributed by atoms with Crippen LogP contribution in [0.5, 0.6) is 5.75 Å². The van der Waals surface area contributed by atoms with E-state index in [4.69, 9.17) is 10.00 Å². The van der Waals surface area contributed by atoms with Crippen LogP contribution >= 0.6 is 0 Å². The molecule has 31 heavy (non-hydrogen) atoms. The number of nitro groups is 1. The summed E-state index contributed by atoms with van der Waals surface area (Å²) in [5, 5.41) is 23.7. The summed E-state index contributed by atoms with van der Waals surface area (Å²) < 4.78 is 30.6. The Kier molecular flexibility index (Phi) is 6.59. The third kappa shape index (κ3) is 5.43. The highest BCUT2D eigenvalue weighted by Gasteiger charge is 2.24. The zero-order valence-electron chi connectivity index (χ0n) is 16.0. The Balaban J connectivity index is 1.73. The number of hydrogen-bond acceptors (Lipinski definition) is 7. The second-order valence-electron chi connectivity index (χ2n) is 6.21. The number of nitrogens with one attached hydrogen (secondary N) is 1. The Labute approximate surface area is 178 Å². The summed E-state index contributed by atoms with van der Waals surface area (Å²) in [6.07, 6.45) is 1.25. The van der Waals surface area contributed by atoms with Crippen LogP contribution in [0.2, 0.25) is 0 Å². The number of benzene rings is 3. The zero-order valence-corrected chi connectivity index (χ0v) is 16.8. The number of hydrogen-bond donors (Lipinski definition) is 1. The summed E-state index contributed by atoms with van der Waals surface area (Å²) in [5.74, 6) is 0.459. The molecule has 3 aromatic rings. The first kappa shape index (κ1) is 21.5. The van der Waals surface area contributed by atoms with Gasteiger partial charge in [0.15, 0.2) is 4.90 Å². The standard InChI is InChI=1S/C21H16N4O5S/c22-13-16-9-11-17(12-10-16)15-30-20-7-3-1-5-18(20)14-23-24-31(28,29)21-8-4-2-6-19(21)25(26)27/h1-12,14,24H,15H2. The SMILES string of the molecule is N#Cc1ccc(COc2ccccc2C=NNS(=O)(=O)c2ccccc2[N+](=O)[O-])cc1. The fraction of sp³-hybridized carbons (Fsp3) is 0.0476. The van der Waals surface area contributed by atoms with Crippen LogP contribution in [0.4, 0.5) is 5.69 Å². The van der Waals surface area contributed by atoms with Crippen molar-refractivity contribution >= 4 is 21.9 Å². The van der Waals surface area contributed by atoms with Crippen molar-refractivity contribution in [3.63, 3.8) is 0 Å². The van der Waals surface area contributed by atoms with Crippen molar-refractivity contribution in [3.05, 3.63) is 99.6 Å². The van der Waals surface area contributed by atoms with E-state index in [1.807, 2.05) is 10.9 Å². The molecule has 0 aromatic heterocycles. The summed E-state index contributed by atoms with van der Waals surface area (Å²) in [6, 6.07) is 20.8. The minimum Gasteiger partial charge on any atom is -0.488 e. The van der Waals surface area contributed by atoms with Crippen molar-refractivity contribution in [2.75, 3.05) is 0 Å². The molecule has 0 fully saturated rings. The van der Waals surface area contributed by atoms with Crippen LogP contribution in [0.25, 0.3) is 0 Å². The van der Waals surface area contributed by atoms with Gasteiger partial charge >= 0.3 is 0 Å². The molecule has 0 spiro atoms. The predicted molar refractivity (Wildman–Crippen MR) is 113 cm³/mol. The highest BCUT2D eigenvalue weighted by molar-refractivity contribution is 7.89. The molecule has 0 aliphatic rings. The van der Waals surface area contributed by atoms with Gasteiger partial charge in [-0.15, -0.1) is 0 Å². The quantitative estimate of drug-likeness (QED) is 0.327. The molecular formula is C21H16N4O5S. The fourth-order valence-corrected chi connectivity index (χ4v) is 3.57. The Morgan fingerprint density at radius 1 is 1.06 bits per heavy atom. The number of para-hydroxylation sites is 2. The topological polar surface area (TPSA) is 135 Å². The van der Waals surface area contributed by atoms with E-state index in [0.717, 1.165) is 17.7 Å². The summed E-state index contributed by atoms with van der Waals surface area (Å²) in [6.45, 7) is 0.235. The smallest absolute Gasteiger partial charge is 0.289 e. The van der Waals surface area contributed by atoms with Crippen molar-refractivity contribution in [2.24, 2.45) is 5.10 Å². The maximum Gasteiger partial charge on any atom is 0.289 e. The lowest BCUT2D eigenvalue weighted by Crippen LogP contribution is -2.19. The maximum absolute atomic E-state index is 12.4. The van der Waals surface area contributed by atoms with Crippen molar-refractivity contribution in [1.29, 1.82) is 5.26 Å². The highest BCUT2D eigenvalue weighted by Crippen LogP contribution is 2.23. The molecule has 3 aromatic carbocycles. The Bertz CT molecular complexity index is 1270. The van der Waals surface area contributed by atoms with E-state index in [1.165, 1.54) is 18.3 Å². The van der Waals surface area contributed by atoms with Crippen LogP contribution < -0.4 is 9.57 Å². The largest absolute Gasteiger partial charge is 0.488 e.